The zero-order chi connectivity index (χ0) is 11.4. The second-order valence-electron chi connectivity index (χ2n) is 3.09. The van der Waals surface area contributed by atoms with E-state index in [9.17, 15) is 0 Å². The predicted molar refractivity (Wildman–Crippen MR) is 73.2 cm³/mol. The van der Waals surface area contributed by atoms with Gasteiger partial charge in [-0.05, 0) is 40.3 Å². The fraction of sp³-hybridized carbons (Fsp3) is 0.0909. The van der Waals surface area contributed by atoms with Crippen molar-refractivity contribution in [2.24, 2.45) is 0 Å². The molecule has 16 heavy (non-hydrogen) atoms. The molecule has 0 saturated heterocycles. The van der Waals surface area contributed by atoms with Gasteiger partial charge in [-0.2, -0.15) is 0 Å². The molecule has 0 atom stereocenters. The molecule has 82 valence electrons. The number of hydrogen-bond acceptors (Lipinski definition) is 3. The molecule has 0 bridgehead atoms. The van der Waals surface area contributed by atoms with Crippen molar-refractivity contribution in [3.05, 3.63) is 50.4 Å². The van der Waals surface area contributed by atoms with Gasteiger partial charge < -0.3 is 4.74 Å². The van der Waals surface area contributed by atoms with Gasteiger partial charge in [0.15, 0.2) is 0 Å². The molecule has 0 aliphatic heterocycles. The van der Waals surface area contributed by atoms with Crippen LogP contribution in [0.5, 0.6) is 5.88 Å². The fourth-order valence-electron chi connectivity index (χ4n) is 1.19. The maximum absolute atomic E-state index is 5.60. The Bertz CT molecular complexity index is 493. The number of aromatic nitrogens is 2. The topological polar surface area (TPSA) is 35.0 Å². The smallest absolute Gasteiger partial charge is 0.230 e. The summed E-state index contributed by atoms with van der Waals surface area (Å²) in [6, 6.07) is 8.00. The molecule has 0 N–H and O–H groups in total. The molecule has 0 saturated carbocycles. The van der Waals surface area contributed by atoms with Gasteiger partial charge in [0.1, 0.15) is 12.9 Å². The number of ether oxygens (including phenoxy) is 1. The summed E-state index contributed by atoms with van der Waals surface area (Å²) in [6.07, 6.45) is 3.21. The average Bonchev–Trinajstić information content (AvgIpc) is 2.28. The largest absolute Gasteiger partial charge is 0.472 e. The van der Waals surface area contributed by atoms with E-state index in [1.807, 2.05) is 24.3 Å². The highest BCUT2D eigenvalue weighted by Crippen LogP contribution is 2.18. The number of nitrogens with zero attached hydrogens (tertiary/aromatic N) is 2. The molecule has 0 fully saturated rings. The monoisotopic (exact) mass is 390 g/mol. The zero-order valence-corrected chi connectivity index (χ0v) is 12.0. The predicted octanol–water partition coefficient (Wildman–Crippen LogP) is 3.42. The molecule has 1 aromatic heterocycles. The summed E-state index contributed by atoms with van der Waals surface area (Å²) >= 11 is 5.57. The van der Waals surface area contributed by atoms with E-state index >= 15 is 0 Å². The van der Waals surface area contributed by atoms with E-state index in [2.05, 4.69) is 48.5 Å². The van der Waals surface area contributed by atoms with Gasteiger partial charge >= 0.3 is 0 Å². The molecule has 0 aliphatic rings. The van der Waals surface area contributed by atoms with Crippen LogP contribution in [0.2, 0.25) is 0 Å². The maximum atomic E-state index is 5.60. The van der Waals surface area contributed by atoms with Gasteiger partial charge in [0.2, 0.25) is 5.88 Å². The summed E-state index contributed by atoms with van der Waals surface area (Å²) in [6.45, 7) is 0.506. The standard InChI is InChI=1S/C11H8BrIN2O/c12-9-3-1-2-8(4-9)6-16-11-10(13)5-14-7-15-11/h1-5,7H,6H2. The van der Waals surface area contributed by atoms with E-state index in [0.29, 0.717) is 12.5 Å². The third kappa shape index (κ3) is 3.15. The van der Waals surface area contributed by atoms with Crippen LogP contribution in [0.15, 0.2) is 41.3 Å². The normalized spacial score (nSPS) is 10.1. The molecule has 2 aromatic rings. The fourth-order valence-corrected chi connectivity index (χ4v) is 2.09. The van der Waals surface area contributed by atoms with E-state index in [1.54, 1.807) is 6.20 Å². The molecule has 0 unspecified atom stereocenters. The number of benzene rings is 1. The lowest BCUT2D eigenvalue weighted by Crippen LogP contribution is -1.99. The van der Waals surface area contributed by atoms with Crippen LogP contribution in [0, 0.1) is 3.57 Å². The molecule has 5 heteroatoms. The highest BCUT2D eigenvalue weighted by Gasteiger charge is 2.02. The first-order valence-corrected chi connectivity index (χ1v) is 6.45. The highest BCUT2D eigenvalue weighted by molar-refractivity contribution is 14.1. The van der Waals surface area contributed by atoms with Crippen molar-refractivity contribution < 1.29 is 4.74 Å². The number of hydrogen-bond donors (Lipinski definition) is 0. The lowest BCUT2D eigenvalue weighted by Gasteiger charge is -2.06. The third-order valence-corrected chi connectivity index (χ3v) is 3.13. The summed E-state index contributed by atoms with van der Waals surface area (Å²) in [4.78, 5) is 7.97. The van der Waals surface area contributed by atoms with E-state index in [-0.39, 0.29) is 0 Å². The highest BCUT2D eigenvalue weighted by atomic mass is 127. The van der Waals surface area contributed by atoms with Gasteiger partial charge in [-0.15, -0.1) is 0 Å². The Hall–Kier alpha value is -0.690. The average molecular weight is 391 g/mol. The Morgan fingerprint density at radius 1 is 1.38 bits per heavy atom. The van der Waals surface area contributed by atoms with E-state index in [4.69, 9.17) is 4.74 Å². The quantitative estimate of drug-likeness (QED) is 0.753. The summed E-state index contributed by atoms with van der Waals surface area (Å²) in [5, 5.41) is 0. The van der Waals surface area contributed by atoms with Crippen LogP contribution in [0.3, 0.4) is 0 Å². The first kappa shape index (κ1) is 11.8. The Morgan fingerprint density at radius 2 is 2.25 bits per heavy atom. The van der Waals surface area contributed by atoms with Crippen molar-refractivity contribution in [1.29, 1.82) is 0 Å². The minimum atomic E-state index is 0.506. The minimum absolute atomic E-state index is 0.506. The van der Waals surface area contributed by atoms with Crippen LogP contribution in [0.1, 0.15) is 5.56 Å². The van der Waals surface area contributed by atoms with Crippen LogP contribution in [-0.2, 0) is 6.61 Å². The van der Waals surface area contributed by atoms with Crippen LogP contribution >= 0.6 is 38.5 Å². The van der Waals surface area contributed by atoms with Gasteiger partial charge in [0, 0.05) is 10.7 Å². The summed E-state index contributed by atoms with van der Waals surface area (Å²) < 4.78 is 7.56. The third-order valence-electron chi connectivity index (χ3n) is 1.90. The van der Waals surface area contributed by atoms with E-state index < -0.39 is 0 Å². The van der Waals surface area contributed by atoms with E-state index in [1.165, 1.54) is 6.33 Å². The number of halogens is 2. The molecule has 0 aliphatic carbocycles. The van der Waals surface area contributed by atoms with Crippen LogP contribution in [0.25, 0.3) is 0 Å². The van der Waals surface area contributed by atoms with Crippen molar-refractivity contribution in [1.82, 2.24) is 9.97 Å². The minimum Gasteiger partial charge on any atom is -0.472 e. The molecule has 0 radical (unpaired) electrons. The van der Waals surface area contributed by atoms with Crippen molar-refractivity contribution >= 4 is 38.5 Å². The second-order valence-corrected chi connectivity index (χ2v) is 5.17. The molecule has 1 heterocycles. The van der Waals surface area contributed by atoms with Crippen LogP contribution in [-0.4, -0.2) is 9.97 Å². The first-order valence-electron chi connectivity index (χ1n) is 4.58. The van der Waals surface area contributed by atoms with E-state index in [0.717, 1.165) is 13.6 Å². The van der Waals surface area contributed by atoms with Gasteiger partial charge in [-0.25, -0.2) is 9.97 Å². The van der Waals surface area contributed by atoms with Crippen LogP contribution in [0.4, 0.5) is 0 Å². The van der Waals surface area contributed by atoms with Crippen molar-refractivity contribution in [2.45, 2.75) is 6.61 Å². The molecule has 2 rings (SSSR count). The zero-order valence-electron chi connectivity index (χ0n) is 8.23. The Balaban J connectivity index is 2.05. The van der Waals surface area contributed by atoms with Crippen molar-refractivity contribution in [3.8, 4) is 5.88 Å². The molecule has 1 aromatic carbocycles. The van der Waals surface area contributed by atoms with Gasteiger partial charge in [0.25, 0.3) is 0 Å². The molecular weight excluding hydrogens is 383 g/mol. The Kier molecular flexibility index (Phi) is 4.11. The summed E-state index contributed by atoms with van der Waals surface area (Å²) in [7, 11) is 0. The maximum Gasteiger partial charge on any atom is 0.230 e. The SMILES string of the molecule is Brc1cccc(COc2ncncc2I)c1. The first-order chi connectivity index (χ1) is 7.75. The molecule has 0 spiro atoms. The number of rotatable bonds is 3. The van der Waals surface area contributed by atoms with Crippen molar-refractivity contribution in [3.63, 3.8) is 0 Å². The van der Waals surface area contributed by atoms with Gasteiger partial charge in [-0.1, -0.05) is 28.1 Å². The van der Waals surface area contributed by atoms with Crippen molar-refractivity contribution in [2.75, 3.05) is 0 Å². The summed E-state index contributed by atoms with van der Waals surface area (Å²) in [5.74, 6) is 0.621. The Morgan fingerprint density at radius 3 is 3.00 bits per heavy atom. The van der Waals surface area contributed by atoms with Gasteiger partial charge in [-0.3, -0.25) is 0 Å². The lowest BCUT2D eigenvalue weighted by atomic mass is 10.2. The summed E-state index contributed by atoms with van der Waals surface area (Å²) in [5.41, 5.74) is 1.10. The van der Waals surface area contributed by atoms with Gasteiger partial charge in [0.05, 0.1) is 3.57 Å². The molecular formula is C11H8BrIN2O. The second kappa shape index (κ2) is 5.58. The van der Waals surface area contributed by atoms with Crippen LogP contribution < -0.4 is 4.74 Å². The molecule has 0 amide bonds. The Labute approximate surface area is 116 Å². The lowest BCUT2D eigenvalue weighted by molar-refractivity contribution is 0.290. The molecule has 3 nitrogen and oxygen atoms in total.